The molecule has 0 bridgehead atoms. The highest BCUT2D eigenvalue weighted by molar-refractivity contribution is 7.99. The molecule has 2 heterocycles. The Morgan fingerprint density at radius 1 is 1.36 bits per heavy atom. The number of fused-ring (bicyclic) bond motifs is 1. The number of hydrogen-bond acceptors (Lipinski definition) is 6. The first-order valence-electron chi connectivity index (χ1n) is 6.11. The first-order valence-corrected chi connectivity index (χ1v) is 7.48. The minimum Gasteiger partial charge on any atom is -0.324 e. The second-order valence-electron chi connectivity index (χ2n) is 4.17. The third-order valence-electron chi connectivity index (χ3n) is 2.62. The number of nitrogens with zero attached hydrogens (tertiary/aromatic N) is 4. The normalized spacial score (nSPS) is 10.8. The average molecular weight is 337 g/mol. The average Bonchev–Trinajstić information content (AvgIpc) is 2.89. The van der Waals surface area contributed by atoms with E-state index in [0.717, 1.165) is 18.0 Å². The van der Waals surface area contributed by atoms with Gasteiger partial charge in [0, 0.05) is 0 Å². The van der Waals surface area contributed by atoms with E-state index in [1.54, 1.807) is 24.3 Å². The van der Waals surface area contributed by atoms with Crippen LogP contribution in [0.4, 0.5) is 5.69 Å². The van der Waals surface area contributed by atoms with Crippen LogP contribution in [0, 0.1) is 0 Å². The summed E-state index contributed by atoms with van der Waals surface area (Å²) in [5, 5.41) is 15.1. The number of hydrogen-bond donors (Lipinski definition) is 2. The van der Waals surface area contributed by atoms with Crippen LogP contribution in [-0.4, -0.2) is 36.5 Å². The number of rotatable bonds is 4. The van der Waals surface area contributed by atoms with Gasteiger partial charge in [-0.3, -0.25) is 14.6 Å². The van der Waals surface area contributed by atoms with Crippen molar-refractivity contribution < 1.29 is 4.79 Å². The maximum Gasteiger partial charge on any atom is 0.271 e. The van der Waals surface area contributed by atoms with Crippen LogP contribution in [0.25, 0.3) is 5.78 Å². The molecule has 2 aromatic heterocycles. The first kappa shape index (κ1) is 14.5. The molecule has 0 unspecified atom stereocenters. The van der Waals surface area contributed by atoms with Gasteiger partial charge >= 0.3 is 0 Å². The summed E-state index contributed by atoms with van der Waals surface area (Å²) in [4.78, 5) is 25.5. The van der Waals surface area contributed by atoms with Crippen molar-refractivity contribution in [3.63, 3.8) is 0 Å². The Kier molecular flexibility index (Phi) is 4.07. The van der Waals surface area contributed by atoms with Gasteiger partial charge in [-0.15, -0.1) is 10.2 Å². The van der Waals surface area contributed by atoms with Gasteiger partial charge < -0.3 is 5.32 Å². The number of para-hydroxylation sites is 1. The van der Waals surface area contributed by atoms with Gasteiger partial charge in [0.1, 0.15) is 6.20 Å². The maximum atomic E-state index is 11.9. The second-order valence-corrected chi connectivity index (χ2v) is 5.52. The zero-order chi connectivity index (χ0) is 15.5. The standard InChI is InChI=1S/C12H9ClN6O2S/c13-7-3-1-2-4-8(7)15-10(21)6-22-12-18-17-11-16-9(20)5-14-19(11)12/h1-5H,6H2,(H,15,21)(H,16,17,20). The molecule has 0 aliphatic heterocycles. The number of H-pyrrole nitrogens is 1. The maximum absolute atomic E-state index is 11.9. The number of anilines is 1. The van der Waals surface area contributed by atoms with E-state index in [-0.39, 0.29) is 23.0 Å². The highest BCUT2D eigenvalue weighted by Gasteiger charge is 2.11. The first-order chi connectivity index (χ1) is 10.6. The Morgan fingerprint density at radius 2 is 2.18 bits per heavy atom. The van der Waals surface area contributed by atoms with Gasteiger partial charge in [0.05, 0.1) is 16.5 Å². The number of aromatic amines is 1. The summed E-state index contributed by atoms with van der Waals surface area (Å²) >= 11 is 7.11. The zero-order valence-corrected chi connectivity index (χ0v) is 12.6. The lowest BCUT2D eigenvalue weighted by atomic mass is 10.3. The molecule has 1 aromatic carbocycles. The molecule has 10 heteroatoms. The summed E-state index contributed by atoms with van der Waals surface area (Å²) < 4.78 is 1.36. The third kappa shape index (κ3) is 3.10. The largest absolute Gasteiger partial charge is 0.324 e. The molecular weight excluding hydrogens is 328 g/mol. The molecule has 1 amide bonds. The van der Waals surface area contributed by atoms with E-state index in [9.17, 15) is 9.59 Å². The minimum atomic E-state index is -0.368. The van der Waals surface area contributed by atoms with Crippen molar-refractivity contribution in [1.29, 1.82) is 0 Å². The van der Waals surface area contributed by atoms with Crippen molar-refractivity contribution in [2.75, 3.05) is 11.1 Å². The number of nitrogens with one attached hydrogen (secondary N) is 2. The Balaban J connectivity index is 1.68. The summed E-state index contributed by atoms with van der Waals surface area (Å²) in [6, 6.07) is 6.96. The molecule has 0 radical (unpaired) electrons. The topological polar surface area (TPSA) is 105 Å². The number of benzene rings is 1. The summed E-state index contributed by atoms with van der Waals surface area (Å²) in [6.45, 7) is 0. The van der Waals surface area contributed by atoms with E-state index in [1.807, 2.05) is 0 Å². The lowest BCUT2D eigenvalue weighted by molar-refractivity contribution is -0.113. The minimum absolute atomic E-state index is 0.104. The molecule has 3 aromatic rings. The number of aromatic nitrogens is 5. The molecule has 3 rings (SSSR count). The Morgan fingerprint density at radius 3 is 3.00 bits per heavy atom. The van der Waals surface area contributed by atoms with Crippen LogP contribution in [0.2, 0.25) is 5.02 Å². The predicted octanol–water partition coefficient (Wildman–Crippen LogP) is 1.20. The highest BCUT2D eigenvalue weighted by atomic mass is 35.5. The molecule has 112 valence electrons. The zero-order valence-electron chi connectivity index (χ0n) is 11.0. The number of carbonyl (C=O) groups is 1. The lowest BCUT2D eigenvalue weighted by Gasteiger charge is -2.05. The van der Waals surface area contributed by atoms with Crippen molar-refractivity contribution in [3.05, 3.63) is 45.8 Å². The number of halogens is 1. The third-order valence-corrected chi connectivity index (χ3v) is 3.87. The Labute approximate surface area is 132 Å². The quantitative estimate of drug-likeness (QED) is 0.693. The van der Waals surface area contributed by atoms with Gasteiger partial charge in [0.25, 0.3) is 11.3 Å². The van der Waals surface area contributed by atoms with Gasteiger partial charge in [-0.2, -0.15) is 9.61 Å². The van der Waals surface area contributed by atoms with Crippen LogP contribution in [0.3, 0.4) is 0 Å². The number of carbonyl (C=O) groups excluding carboxylic acids is 1. The SMILES string of the molecule is O=C(CSc1nnc2[nH]c(=O)cnn12)Nc1ccccc1Cl. The Bertz CT molecular complexity index is 892. The summed E-state index contributed by atoms with van der Waals surface area (Å²) in [6.07, 6.45) is 1.12. The van der Waals surface area contributed by atoms with Crippen LogP contribution < -0.4 is 10.9 Å². The number of thioether (sulfide) groups is 1. The van der Waals surface area contributed by atoms with Crippen molar-refractivity contribution in [2.45, 2.75) is 5.16 Å². The van der Waals surface area contributed by atoms with E-state index in [2.05, 4.69) is 25.6 Å². The smallest absolute Gasteiger partial charge is 0.271 e. The van der Waals surface area contributed by atoms with Gasteiger partial charge in [-0.1, -0.05) is 35.5 Å². The van der Waals surface area contributed by atoms with Gasteiger partial charge in [0.2, 0.25) is 11.1 Å². The van der Waals surface area contributed by atoms with Crippen molar-refractivity contribution in [2.24, 2.45) is 0 Å². The molecule has 0 atom stereocenters. The summed E-state index contributed by atoms with van der Waals surface area (Å²) in [5.74, 6) is 0.0908. The van der Waals surface area contributed by atoms with Crippen molar-refractivity contribution >= 4 is 40.7 Å². The fourth-order valence-electron chi connectivity index (χ4n) is 1.67. The van der Waals surface area contributed by atoms with Gasteiger partial charge in [-0.25, -0.2) is 0 Å². The molecule has 0 fully saturated rings. The summed E-state index contributed by atoms with van der Waals surface area (Å²) in [5.41, 5.74) is 0.177. The number of amides is 1. The molecule has 8 nitrogen and oxygen atoms in total. The highest BCUT2D eigenvalue weighted by Crippen LogP contribution is 2.21. The molecule has 0 spiro atoms. The molecular formula is C12H9ClN6O2S. The van der Waals surface area contributed by atoms with E-state index in [0.29, 0.717) is 15.9 Å². The van der Waals surface area contributed by atoms with Gasteiger partial charge in [-0.05, 0) is 12.1 Å². The molecule has 0 aliphatic carbocycles. The fraction of sp³-hybridized carbons (Fsp3) is 0.0833. The van der Waals surface area contributed by atoms with Crippen LogP contribution in [0.1, 0.15) is 0 Å². The van der Waals surface area contributed by atoms with Crippen molar-refractivity contribution in [3.8, 4) is 0 Å². The predicted molar refractivity (Wildman–Crippen MR) is 82.2 cm³/mol. The second kappa shape index (κ2) is 6.16. The lowest BCUT2D eigenvalue weighted by Crippen LogP contribution is -2.15. The van der Waals surface area contributed by atoms with Crippen LogP contribution in [-0.2, 0) is 4.79 Å². The van der Waals surface area contributed by atoms with Gasteiger partial charge in [0.15, 0.2) is 0 Å². The van der Waals surface area contributed by atoms with Crippen LogP contribution in [0.15, 0.2) is 40.4 Å². The van der Waals surface area contributed by atoms with Crippen molar-refractivity contribution in [1.82, 2.24) is 24.8 Å². The van der Waals surface area contributed by atoms with Crippen LogP contribution >= 0.6 is 23.4 Å². The molecule has 0 saturated heterocycles. The van der Waals surface area contributed by atoms with E-state index >= 15 is 0 Å². The monoisotopic (exact) mass is 336 g/mol. The van der Waals surface area contributed by atoms with Crippen LogP contribution in [0.5, 0.6) is 0 Å². The molecule has 0 saturated carbocycles. The fourth-order valence-corrected chi connectivity index (χ4v) is 2.54. The van der Waals surface area contributed by atoms with E-state index in [1.165, 1.54) is 4.52 Å². The van der Waals surface area contributed by atoms with E-state index < -0.39 is 0 Å². The van der Waals surface area contributed by atoms with E-state index in [4.69, 9.17) is 11.6 Å². The molecule has 22 heavy (non-hydrogen) atoms. The molecule has 2 N–H and O–H groups in total. The summed E-state index contributed by atoms with van der Waals surface area (Å²) in [7, 11) is 0. The molecule has 0 aliphatic rings. The Hall–Kier alpha value is -2.39.